The molecule has 0 saturated heterocycles. The van der Waals surface area contributed by atoms with E-state index in [1.807, 2.05) is 18.2 Å². The van der Waals surface area contributed by atoms with Gasteiger partial charge in [0.1, 0.15) is 11.3 Å². The van der Waals surface area contributed by atoms with Crippen LogP contribution in [0.3, 0.4) is 0 Å². The molecule has 6 nitrogen and oxygen atoms in total. The van der Waals surface area contributed by atoms with E-state index in [0.29, 0.717) is 12.2 Å². The van der Waals surface area contributed by atoms with Crippen molar-refractivity contribution in [2.45, 2.75) is 18.1 Å². The number of fused-ring (bicyclic) bond motifs is 1. The van der Waals surface area contributed by atoms with E-state index in [-0.39, 0.29) is 0 Å². The first kappa shape index (κ1) is 13.8. The Morgan fingerprint density at radius 2 is 1.89 bits per heavy atom. The van der Waals surface area contributed by atoms with Gasteiger partial charge >= 0.3 is 0 Å². The largest absolute Gasteiger partial charge is 0.480 e. The lowest BCUT2D eigenvalue weighted by molar-refractivity contribution is -0.131. The van der Waals surface area contributed by atoms with E-state index in [2.05, 4.69) is 5.32 Å². The van der Waals surface area contributed by atoms with Crippen LogP contribution in [0.5, 0.6) is 5.75 Å². The molecular weight excluding hydrogens is 250 g/mol. The average molecular weight is 267 g/mol. The molecule has 0 aliphatic carbocycles. The van der Waals surface area contributed by atoms with Crippen LogP contribution < -0.4 is 10.1 Å². The minimum atomic E-state index is -1.42. The van der Waals surface area contributed by atoms with Gasteiger partial charge in [-0.15, -0.1) is 0 Å². The molecule has 0 bridgehead atoms. The summed E-state index contributed by atoms with van der Waals surface area (Å²) in [5, 5.41) is 29.9. The lowest BCUT2D eigenvalue weighted by Crippen LogP contribution is -2.59. The molecule has 1 unspecified atom stereocenters. The van der Waals surface area contributed by atoms with Gasteiger partial charge in [0.2, 0.25) is 0 Å². The van der Waals surface area contributed by atoms with E-state index in [9.17, 15) is 4.79 Å². The van der Waals surface area contributed by atoms with Crippen molar-refractivity contribution in [3.63, 3.8) is 0 Å². The Morgan fingerprint density at radius 3 is 2.47 bits per heavy atom. The van der Waals surface area contributed by atoms with E-state index >= 15 is 0 Å². The molecule has 0 spiro atoms. The van der Waals surface area contributed by atoms with Crippen molar-refractivity contribution in [2.24, 2.45) is 0 Å². The van der Waals surface area contributed by atoms with Gasteiger partial charge in [0.15, 0.2) is 6.10 Å². The number of carbonyl (C=O) groups excluding carboxylic acids is 1. The molecule has 2 rings (SSSR count). The van der Waals surface area contributed by atoms with Crippen LogP contribution in [0.4, 0.5) is 0 Å². The predicted octanol–water partition coefficient (Wildman–Crippen LogP) is -1.18. The van der Waals surface area contributed by atoms with E-state index in [4.69, 9.17) is 20.1 Å². The predicted molar refractivity (Wildman–Crippen MR) is 66.7 cm³/mol. The maximum absolute atomic E-state index is 12.0. The molecule has 1 amide bonds. The van der Waals surface area contributed by atoms with Crippen LogP contribution in [0.15, 0.2) is 24.3 Å². The minimum absolute atomic E-state index is 0.431. The maximum Gasteiger partial charge on any atom is 0.262 e. The van der Waals surface area contributed by atoms with Crippen molar-refractivity contribution in [3.05, 3.63) is 29.8 Å². The minimum Gasteiger partial charge on any atom is -0.480 e. The van der Waals surface area contributed by atoms with E-state index in [1.54, 1.807) is 6.07 Å². The highest BCUT2D eigenvalue weighted by atomic mass is 16.5. The Labute approximate surface area is 110 Å². The number of amides is 1. The van der Waals surface area contributed by atoms with Gasteiger partial charge in [0.05, 0.1) is 19.8 Å². The van der Waals surface area contributed by atoms with Crippen molar-refractivity contribution in [2.75, 3.05) is 19.8 Å². The first-order chi connectivity index (χ1) is 9.14. The van der Waals surface area contributed by atoms with Crippen molar-refractivity contribution < 1.29 is 24.9 Å². The number of para-hydroxylation sites is 1. The molecule has 1 heterocycles. The fourth-order valence-corrected chi connectivity index (χ4v) is 1.94. The number of hydrogen-bond donors (Lipinski definition) is 4. The Balaban J connectivity index is 2.03. The summed E-state index contributed by atoms with van der Waals surface area (Å²) < 4.78 is 5.49. The monoisotopic (exact) mass is 267 g/mol. The summed E-state index contributed by atoms with van der Waals surface area (Å²) in [5.41, 5.74) is -0.486. The second kappa shape index (κ2) is 5.56. The topological polar surface area (TPSA) is 99.0 Å². The smallest absolute Gasteiger partial charge is 0.262 e. The molecule has 19 heavy (non-hydrogen) atoms. The molecular formula is C13H17NO5. The van der Waals surface area contributed by atoms with E-state index in [1.165, 1.54) is 0 Å². The summed E-state index contributed by atoms with van der Waals surface area (Å²) in [5.74, 6) is 0.193. The molecule has 1 atom stereocenters. The van der Waals surface area contributed by atoms with Crippen molar-refractivity contribution in [1.29, 1.82) is 0 Å². The molecule has 1 aliphatic heterocycles. The third kappa shape index (κ3) is 2.70. The van der Waals surface area contributed by atoms with Gasteiger partial charge in [-0.25, -0.2) is 0 Å². The van der Waals surface area contributed by atoms with Crippen LogP contribution in [0.1, 0.15) is 5.56 Å². The van der Waals surface area contributed by atoms with Crippen molar-refractivity contribution in [1.82, 2.24) is 5.32 Å². The average Bonchev–Trinajstić information content (AvgIpc) is 2.89. The fraction of sp³-hybridized carbons (Fsp3) is 0.462. The summed E-state index contributed by atoms with van der Waals surface area (Å²) in [6.07, 6.45) is -0.276. The zero-order valence-electron chi connectivity index (χ0n) is 10.4. The Bertz CT molecular complexity index is 425. The highest BCUT2D eigenvalue weighted by Gasteiger charge is 2.35. The normalized spacial score (nSPS) is 17.7. The molecule has 6 heteroatoms. The maximum atomic E-state index is 12.0. The zero-order chi connectivity index (χ0) is 13.9. The second-order valence-electron chi connectivity index (χ2n) is 4.66. The Kier molecular flexibility index (Phi) is 4.04. The van der Waals surface area contributed by atoms with Crippen LogP contribution in [-0.4, -0.2) is 52.7 Å². The number of carbonyl (C=O) groups is 1. The van der Waals surface area contributed by atoms with Gasteiger partial charge in [-0.2, -0.15) is 0 Å². The number of ether oxygens (including phenoxy) is 1. The van der Waals surface area contributed by atoms with Gasteiger partial charge < -0.3 is 25.4 Å². The van der Waals surface area contributed by atoms with Gasteiger partial charge in [-0.3, -0.25) is 4.79 Å². The lowest BCUT2D eigenvalue weighted by atomic mass is 10.0. The first-order valence-electron chi connectivity index (χ1n) is 6.03. The molecule has 1 aliphatic rings. The molecule has 1 aromatic carbocycles. The summed E-state index contributed by atoms with van der Waals surface area (Å²) in [7, 11) is 0. The quantitative estimate of drug-likeness (QED) is 0.538. The summed E-state index contributed by atoms with van der Waals surface area (Å²) in [6, 6.07) is 7.33. The first-order valence-corrected chi connectivity index (χ1v) is 6.03. The molecule has 0 aromatic heterocycles. The fourth-order valence-electron chi connectivity index (χ4n) is 1.94. The van der Waals surface area contributed by atoms with Crippen LogP contribution in [0.25, 0.3) is 0 Å². The number of rotatable bonds is 5. The summed E-state index contributed by atoms with van der Waals surface area (Å²) in [4.78, 5) is 12.0. The zero-order valence-corrected chi connectivity index (χ0v) is 10.4. The van der Waals surface area contributed by atoms with Crippen LogP contribution in [-0.2, 0) is 11.2 Å². The second-order valence-corrected chi connectivity index (χ2v) is 4.66. The lowest BCUT2D eigenvalue weighted by Gasteiger charge is -2.29. The number of hydrogen-bond acceptors (Lipinski definition) is 5. The van der Waals surface area contributed by atoms with Gasteiger partial charge in [0, 0.05) is 6.42 Å². The molecule has 104 valence electrons. The van der Waals surface area contributed by atoms with E-state index < -0.39 is 37.4 Å². The summed E-state index contributed by atoms with van der Waals surface area (Å²) >= 11 is 0. The number of aliphatic hydroxyl groups excluding tert-OH is 3. The third-order valence-electron chi connectivity index (χ3n) is 3.24. The SMILES string of the molecule is O=C(NC(CO)(CO)CO)C1Cc2ccccc2O1. The van der Waals surface area contributed by atoms with Crippen LogP contribution in [0.2, 0.25) is 0 Å². The summed E-state index contributed by atoms with van der Waals surface area (Å²) in [6.45, 7) is -1.65. The Morgan fingerprint density at radius 1 is 1.26 bits per heavy atom. The van der Waals surface area contributed by atoms with Crippen LogP contribution in [0, 0.1) is 0 Å². The number of nitrogens with one attached hydrogen (secondary N) is 1. The molecule has 0 radical (unpaired) electrons. The van der Waals surface area contributed by atoms with E-state index in [0.717, 1.165) is 5.56 Å². The highest BCUT2D eigenvalue weighted by molar-refractivity contribution is 5.83. The third-order valence-corrected chi connectivity index (χ3v) is 3.24. The molecule has 1 aromatic rings. The van der Waals surface area contributed by atoms with Gasteiger partial charge in [-0.05, 0) is 11.6 Å². The molecule has 0 saturated carbocycles. The van der Waals surface area contributed by atoms with Gasteiger partial charge in [-0.1, -0.05) is 18.2 Å². The van der Waals surface area contributed by atoms with Crippen molar-refractivity contribution >= 4 is 5.91 Å². The van der Waals surface area contributed by atoms with Gasteiger partial charge in [0.25, 0.3) is 5.91 Å². The molecule has 0 fully saturated rings. The van der Waals surface area contributed by atoms with Crippen molar-refractivity contribution in [3.8, 4) is 5.75 Å². The highest BCUT2D eigenvalue weighted by Crippen LogP contribution is 2.28. The number of benzene rings is 1. The standard InChI is InChI=1S/C13H17NO5/c15-6-13(7-16,8-17)14-12(18)11-5-9-3-1-2-4-10(9)19-11/h1-4,11,15-17H,5-8H2,(H,14,18). The number of aliphatic hydroxyl groups is 3. The van der Waals surface area contributed by atoms with Crippen LogP contribution >= 0.6 is 0 Å². The Hall–Kier alpha value is -1.63. The molecule has 4 N–H and O–H groups in total.